The lowest BCUT2D eigenvalue weighted by molar-refractivity contribution is -0.120. The van der Waals surface area contributed by atoms with Gasteiger partial charge in [-0.15, -0.1) is 0 Å². The lowest BCUT2D eigenvalue weighted by Crippen LogP contribution is -2.32. The van der Waals surface area contributed by atoms with Gasteiger partial charge in [-0.1, -0.05) is 61.5 Å². The lowest BCUT2D eigenvalue weighted by atomic mass is 10.1. The van der Waals surface area contributed by atoms with Gasteiger partial charge in [0, 0.05) is 30.0 Å². The Labute approximate surface area is 236 Å². The van der Waals surface area contributed by atoms with Crippen molar-refractivity contribution in [1.29, 1.82) is 0 Å². The summed E-state index contributed by atoms with van der Waals surface area (Å²) in [5.41, 5.74) is 6.06. The smallest absolute Gasteiger partial charge is 0.241 e. The van der Waals surface area contributed by atoms with Crippen LogP contribution in [0, 0.1) is 5.92 Å². The predicted molar refractivity (Wildman–Crippen MR) is 156 cm³/mol. The first-order valence-electron chi connectivity index (χ1n) is 13.9. The summed E-state index contributed by atoms with van der Waals surface area (Å²) in [5.74, 6) is 0.231. The number of hydrogen-bond acceptors (Lipinski definition) is 4. The minimum Gasteiger partial charge on any atom is -0.308 e. The molecule has 40 heavy (non-hydrogen) atoms. The van der Waals surface area contributed by atoms with E-state index in [2.05, 4.69) is 21.8 Å². The van der Waals surface area contributed by atoms with E-state index in [4.69, 9.17) is 0 Å². The van der Waals surface area contributed by atoms with Gasteiger partial charge in [0.15, 0.2) is 0 Å². The van der Waals surface area contributed by atoms with Gasteiger partial charge < -0.3 is 4.90 Å². The molecule has 6 nitrogen and oxygen atoms in total. The number of pyridine rings is 1. The summed E-state index contributed by atoms with van der Waals surface area (Å²) in [4.78, 5) is 20.3. The summed E-state index contributed by atoms with van der Waals surface area (Å²) < 4.78 is 29.4. The molecule has 2 aliphatic carbocycles. The molecule has 0 saturated heterocycles. The van der Waals surface area contributed by atoms with E-state index < -0.39 is 10.0 Å². The number of fused-ring (bicyclic) bond motifs is 1. The first-order valence-corrected chi connectivity index (χ1v) is 15.4. The maximum atomic E-state index is 13.9. The van der Waals surface area contributed by atoms with Crippen LogP contribution in [0.5, 0.6) is 0 Å². The summed E-state index contributed by atoms with van der Waals surface area (Å²) in [6.45, 7) is 2.45. The van der Waals surface area contributed by atoms with Crippen LogP contribution in [0.1, 0.15) is 59.5 Å². The van der Waals surface area contributed by atoms with Crippen molar-refractivity contribution in [3.05, 3.63) is 125 Å². The molecule has 1 aromatic heterocycles. The highest BCUT2D eigenvalue weighted by Crippen LogP contribution is 2.49. The van der Waals surface area contributed by atoms with Crippen LogP contribution in [0.15, 0.2) is 102 Å². The van der Waals surface area contributed by atoms with E-state index in [1.54, 1.807) is 24.5 Å². The van der Waals surface area contributed by atoms with Crippen LogP contribution in [0.2, 0.25) is 0 Å². The Morgan fingerprint density at radius 3 is 2.50 bits per heavy atom. The second-order valence-electron chi connectivity index (χ2n) is 10.7. The number of carbonyl (C=O) groups excluding carboxylic acids is 1. The molecule has 1 amide bonds. The van der Waals surface area contributed by atoms with Crippen molar-refractivity contribution in [2.24, 2.45) is 5.92 Å². The van der Waals surface area contributed by atoms with Gasteiger partial charge in [-0.2, -0.15) is 0 Å². The third-order valence-corrected chi connectivity index (χ3v) is 9.61. The van der Waals surface area contributed by atoms with Crippen molar-refractivity contribution in [2.75, 3.05) is 4.90 Å². The highest BCUT2D eigenvalue weighted by Gasteiger charge is 2.46. The maximum absolute atomic E-state index is 13.9. The second-order valence-corrected chi connectivity index (χ2v) is 12.5. The minimum absolute atomic E-state index is 0.0762. The Kier molecular flexibility index (Phi) is 7.26. The number of aryl methyl sites for hydroxylation is 2. The molecular weight excluding hydrogens is 518 g/mol. The van der Waals surface area contributed by atoms with Crippen LogP contribution in [-0.4, -0.2) is 19.3 Å². The average Bonchev–Trinajstić information content (AvgIpc) is 3.71. The van der Waals surface area contributed by atoms with Gasteiger partial charge in [0.1, 0.15) is 0 Å². The first kappa shape index (κ1) is 26.4. The van der Waals surface area contributed by atoms with Gasteiger partial charge in [-0.05, 0) is 89.8 Å². The number of nitrogens with one attached hydrogen (secondary N) is 1. The molecular formula is C33H33N3O3S. The van der Waals surface area contributed by atoms with E-state index in [-0.39, 0.29) is 28.7 Å². The average molecular weight is 552 g/mol. The Hall–Kier alpha value is -3.81. The number of anilines is 1. The van der Waals surface area contributed by atoms with Crippen molar-refractivity contribution in [1.82, 2.24) is 9.71 Å². The van der Waals surface area contributed by atoms with Crippen LogP contribution in [0.25, 0.3) is 0 Å². The molecule has 204 valence electrons. The third-order valence-electron chi connectivity index (χ3n) is 8.12. The SMILES string of the molecule is CCc1ccc(S(=O)(=O)NC2CCc3ccc(N(Cc4cccnc4)C(=O)C4CC4c4ccccc4)cc32)cc1. The molecule has 1 N–H and O–H groups in total. The fourth-order valence-corrected chi connectivity index (χ4v) is 7.00. The monoisotopic (exact) mass is 551 g/mol. The number of nitrogens with zero attached hydrogens (tertiary/aromatic N) is 2. The van der Waals surface area contributed by atoms with Crippen molar-refractivity contribution in [3.63, 3.8) is 0 Å². The number of amides is 1. The molecule has 6 rings (SSSR count). The van der Waals surface area contributed by atoms with E-state index in [0.29, 0.717) is 13.0 Å². The van der Waals surface area contributed by atoms with E-state index in [9.17, 15) is 13.2 Å². The number of benzene rings is 3. The number of carbonyl (C=O) groups is 1. The van der Waals surface area contributed by atoms with Crippen LogP contribution in [-0.2, 0) is 34.2 Å². The number of sulfonamides is 1. The molecule has 1 fully saturated rings. The van der Waals surface area contributed by atoms with Gasteiger partial charge >= 0.3 is 0 Å². The van der Waals surface area contributed by atoms with Gasteiger partial charge in [0.25, 0.3) is 0 Å². The van der Waals surface area contributed by atoms with Crippen LogP contribution < -0.4 is 9.62 Å². The van der Waals surface area contributed by atoms with Crippen molar-refractivity contribution in [2.45, 2.75) is 56.0 Å². The van der Waals surface area contributed by atoms with Crippen LogP contribution in [0.3, 0.4) is 0 Å². The topological polar surface area (TPSA) is 79.4 Å². The highest BCUT2D eigenvalue weighted by molar-refractivity contribution is 7.89. The van der Waals surface area contributed by atoms with Crippen LogP contribution in [0.4, 0.5) is 5.69 Å². The van der Waals surface area contributed by atoms with E-state index in [1.807, 2.05) is 72.5 Å². The summed E-state index contributed by atoms with van der Waals surface area (Å²) in [6.07, 6.45) is 6.66. The van der Waals surface area contributed by atoms with Gasteiger partial charge in [-0.3, -0.25) is 9.78 Å². The Morgan fingerprint density at radius 2 is 1.77 bits per heavy atom. The minimum atomic E-state index is -3.69. The van der Waals surface area contributed by atoms with Gasteiger partial charge in [0.2, 0.25) is 15.9 Å². The largest absolute Gasteiger partial charge is 0.308 e. The van der Waals surface area contributed by atoms with Crippen molar-refractivity contribution < 1.29 is 13.2 Å². The molecule has 3 unspecified atom stereocenters. The zero-order valence-electron chi connectivity index (χ0n) is 22.5. The molecule has 3 atom stereocenters. The Morgan fingerprint density at radius 1 is 0.975 bits per heavy atom. The van der Waals surface area contributed by atoms with Crippen LogP contribution >= 0.6 is 0 Å². The van der Waals surface area contributed by atoms with E-state index >= 15 is 0 Å². The van der Waals surface area contributed by atoms with Crippen molar-refractivity contribution in [3.8, 4) is 0 Å². The van der Waals surface area contributed by atoms with E-state index in [0.717, 1.165) is 47.2 Å². The molecule has 0 aliphatic heterocycles. The molecule has 2 aliphatic rings. The normalized spacial score (nSPS) is 19.7. The van der Waals surface area contributed by atoms with Gasteiger partial charge in [-0.25, -0.2) is 13.1 Å². The molecule has 3 aromatic carbocycles. The standard InChI is InChI=1S/C33H33N3O3S/c1-2-23-10-15-28(16-11-23)40(38,39)35-32-17-13-26-12-14-27(19-30(26)32)36(22-24-7-6-18-34-21-24)33(37)31-20-29(31)25-8-4-3-5-9-25/h3-12,14-16,18-19,21,29,31-32,35H,2,13,17,20,22H2,1H3. The summed E-state index contributed by atoms with van der Waals surface area (Å²) >= 11 is 0. The first-order chi connectivity index (χ1) is 19.4. The zero-order valence-corrected chi connectivity index (χ0v) is 23.3. The second kappa shape index (κ2) is 11.0. The third kappa shape index (κ3) is 5.44. The lowest BCUT2D eigenvalue weighted by Gasteiger charge is -2.25. The van der Waals surface area contributed by atoms with E-state index in [1.165, 1.54) is 5.56 Å². The number of aromatic nitrogens is 1. The fraction of sp³-hybridized carbons (Fsp3) is 0.273. The Balaban J connectivity index is 1.28. The summed E-state index contributed by atoms with van der Waals surface area (Å²) in [7, 11) is -3.69. The molecule has 0 radical (unpaired) electrons. The summed E-state index contributed by atoms with van der Waals surface area (Å²) in [5, 5.41) is 0. The zero-order chi connectivity index (χ0) is 27.7. The molecule has 1 saturated carbocycles. The summed E-state index contributed by atoms with van der Waals surface area (Å²) in [6, 6.07) is 26.8. The predicted octanol–water partition coefficient (Wildman–Crippen LogP) is 5.95. The molecule has 1 heterocycles. The fourth-order valence-electron chi connectivity index (χ4n) is 5.75. The van der Waals surface area contributed by atoms with Gasteiger partial charge in [0.05, 0.1) is 11.4 Å². The molecule has 0 bridgehead atoms. The molecule has 7 heteroatoms. The van der Waals surface area contributed by atoms with Crippen molar-refractivity contribution >= 4 is 21.6 Å². The highest BCUT2D eigenvalue weighted by atomic mass is 32.2. The molecule has 0 spiro atoms. The number of hydrogen-bond donors (Lipinski definition) is 1. The maximum Gasteiger partial charge on any atom is 0.241 e. The molecule has 4 aromatic rings. The quantitative estimate of drug-likeness (QED) is 0.279. The number of rotatable bonds is 9. The Bertz CT molecular complexity index is 1610.